The van der Waals surface area contributed by atoms with E-state index in [1.54, 1.807) is 12.3 Å². The van der Waals surface area contributed by atoms with E-state index in [0.29, 0.717) is 17.4 Å². The molecule has 0 amide bonds. The van der Waals surface area contributed by atoms with Crippen LogP contribution in [0, 0.1) is 0 Å². The molecule has 88 valence electrons. The Bertz CT molecular complexity index is 566. The summed E-state index contributed by atoms with van der Waals surface area (Å²) in [6.45, 7) is 0.365. The summed E-state index contributed by atoms with van der Waals surface area (Å²) in [6, 6.07) is 3.54. The molecule has 0 aliphatic carbocycles. The van der Waals surface area contributed by atoms with Gasteiger partial charge in [0.15, 0.2) is 0 Å². The van der Waals surface area contributed by atoms with Crippen molar-refractivity contribution in [1.82, 2.24) is 14.5 Å². The minimum Gasteiger partial charge on any atom is -0.308 e. The summed E-state index contributed by atoms with van der Waals surface area (Å²) in [5.74, 6) is 5.76. The number of hydrogen-bond acceptors (Lipinski definition) is 5. The van der Waals surface area contributed by atoms with Gasteiger partial charge in [-0.25, -0.2) is 20.6 Å². The first kappa shape index (κ1) is 11.6. The van der Waals surface area contributed by atoms with Crippen molar-refractivity contribution in [3.63, 3.8) is 0 Å². The molecular formula is C10H10ClN5O. The van der Waals surface area contributed by atoms with Crippen LogP contribution in [0.25, 0.3) is 0 Å². The van der Waals surface area contributed by atoms with Crippen molar-refractivity contribution in [2.75, 3.05) is 5.43 Å². The molecule has 0 aromatic carbocycles. The van der Waals surface area contributed by atoms with E-state index in [4.69, 9.17) is 17.4 Å². The second kappa shape index (κ2) is 4.94. The zero-order valence-electron chi connectivity index (χ0n) is 8.80. The first-order valence-corrected chi connectivity index (χ1v) is 5.20. The van der Waals surface area contributed by atoms with E-state index in [2.05, 4.69) is 15.4 Å². The van der Waals surface area contributed by atoms with Crippen LogP contribution in [0.5, 0.6) is 0 Å². The lowest BCUT2D eigenvalue weighted by atomic mass is 10.3. The third kappa shape index (κ3) is 2.80. The Hall–Kier alpha value is -1.92. The number of hydrogen-bond donors (Lipinski definition) is 2. The lowest BCUT2D eigenvalue weighted by Gasteiger charge is -2.05. The quantitative estimate of drug-likeness (QED) is 0.617. The summed E-state index contributed by atoms with van der Waals surface area (Å²) in [6.07, 6.45) is 4.48. The number of nitrogens with one attached hydrogen (secondary N) is 1. The normalized spacial score (nSPS) is 10.2. The highest BCUT2D eigenvalue weighted by Gasteiger charge is 2.01. The fourth-order valence-corrected chi connectivity index (χ4v) is 1.51. The van der Waals surface area contributed by atoms with Crippen molar-refractivity contribution >= 4 is 17.4 Å². The van der Waals surface area contributed by atoms with Crippen molar-refractivity contribution in [3.8, 4) is 0 Å². The molecule has 2 aromatic rings. The first-order chi connectivity index (χ1) is 8.19. The number of pyridine rings is 1. The average Bonchev–Trinajstić information content (AvgIpc) is 2.35. The number of halogens is 1. The third-order valence-electron chi connectivity index (χ3n) is 2.15. The topological polar surface area (TPSA) is 85.8 Å². The largest absolute Gasteiger partial charge is 0.347 e. The molecule has 0 aliphatic heterocycles. The van der Waals surface area contributed by atoms with Crippen LogP contribution in [0.15, 0.2) is 35.5 Å². The van der Waals surface area contributed by atoms with E-state index in [1.807, 2.05) is 6.07 Å². The highest BCUT2D eigenvalue weighted by atomic mass is 35.5. The van der Waals surface area contributed by atoms with Crippen LogP contribution in [0.3, 0.4) is 0 Å². The van der Waals surface area contributed by atoms with Crippen LogP contribution in [0.2, 0.25) is 5.02 Å². The van der Waals surface area contributed by atoms with Gasteiger partial charge in [-0.05, 0) is 11.6 Å². The lowest BCUT2D eigenvalue weighted by molar-refractivity contribution is 0.725. The molecule has 0 fully saturated rings. The smallest absolute Gasteiger partial charge is 0.308 e. The third-order valence-corrected chi connectivity index (χ3v) is 2.34. The second-order valence-electron chi connectivity index (χ2n) is 3.38. The SMILES string of the molecule is NNc1ccc(Cn2cc(Cl)cnc2=O)cn1. The van der Waals surface area contributed by atoms with Gasteiger partial charge in [0, 0.05) is 12.4 Å². The molecule has 0 radical (unpaired) electrons. The zero-order chi connectivity index (χ0) is 12.3. The van der Waals surface area contributed by atoms with E-state index in [1.165, 1.54) is 17.0 Å². The van der Waals surface area contributed by atoms with Crippen molar-refractivity contribution in [3.05, 3.63) is 51.8 Å². The molecule has 3 N–H and O–H groups in total. The van der Waals surface area contributed by atoms with Crippen molar-refractivity contribution in [2.24, 2.45) is 5.84 Å². The van der Waals surface area contributed by atoms with E-state index < -0.39 is 0 Å². The van der Waals surface area contributed by atoms with Gasteiger partial charge in [-0.1, -0.05) is 17.7 Å². The molecule has 6 nitrogen and oxygen atoms in total. The van der Waals surface area contributed by atoms with Gasteiger partial charge in [0.1, 0.15) is 5.82 Å². The molecule has 0 unspecified atom stereocenters. The Morgan fingerprint density at radius 1 is 1.35 bits per heavy atom. The average molecular weight is 252 g/mol. The highest BCUT2D eigenvalue weighted by Crippen LogP contribution is 2.06. The Morgan fingerprint density at radius 3 is 2.82 bits per heavy atom. The van der Waals surface area contributed by atoms with Gasteiger partial charge in [0.2, 0.25) is 0 Å². The molecule has 7 heteroatoms. The van der Waals surface area contributed by atoms with E-state index >= 15 is 0 Å². The number of aromatic nitrogens is 3. The summed E-state index contributed by atoms with van der Waals surface area (Å²) in [7, 11) is 0. The van der Waals surface area contributed by atoms with Gasteiger partial charge < -0.3 is 5.43 Å². The van der Waals surface area contributed by atoms with Crippen LogP contribution < -0.4 is 17.0 Å². The molecule has 2 heterocycles. The minimum atomic E-state index is -0.351. The zero-order valence-corrected chi connectivity index (χ0v) is 9.55. The summed E-state index contributed by atoms with van der Waals surface area (Å²) in [4.78, 5) is 19.1. The Morgan fingerprint density at radius 2 is 2.18 bits per heavy atom. The van der Waals surface area contributed by atoms with Gasteiger partial charge >= 0.3 is 5.69 Å². The van der Waals surface area contributed by atoms with E-state index in [-0.39, 0.29) is 5.69 Å². The molecule has 2 rings (SSSR count). The molecule has 0 saturated heterocycles. The Kier molecular flexibility index (Phi) is 3.36. The molecule has 0 spiro atoms. The Balaban J connectivity index is 2.25. The maximum atomic E-state index is 11.4. The maximum absolute atomic E-state index is 11.4. The maximum Gasteiger partial charge on any atom is 0.347 e. The van der Waals surface area contributed by atoms with Crippen molar-refractivity contribution in [1.29, 1.82) is 0 Å². The monoisotopic (exact) mass is 251 g/mol. The summed E-state index contributed by atoms with van der Waals surface area (Å²) in [5, 5.41) is 0.415. The van der Waals surface area contributed by atoms with Crippen molar-refractivity contribution < 1.29 is 0 Å². The van der Waals surface area contributed by atoms with Crippen LogP contribution in [-0.2, 0) is 6.54 Å². The standard InChI is InChI=1S/C10H10ClN5O/c11-8-4-14-10(17)16(6-8)5-7-1-2-9(15-12)13-3-7/h1-4,6H,5,12H2,(H,13,15). The summed E-state index contributed by atoms with van der Waals surface area (Å²) >= 11 is 5.77. The molecule has 2 aromatic heterocycles. The number of nitrogen functional groups attached to an aromatic ring is 1. The molecular weight excluding hydrogens is 242 g/mol. The van der Waals surface area contributed by atoms with Gasteiger partial charge in [-0.15, -0.1) is 0 Å². The van der Waals surface area contributed by atoms with E-state index in [9.17, 15) is 4.79 Å². The molecule has 17 heavy (non-hydrogen) atoms. The van der Waals surface area contributed by atoms with Gasteiger partial charge in [0.25, 0.3) is 0 Å². The van der Waals surface area contributed by atoms with Crippen LogP contribution in [0.4, 0.5) is 5.82 Å². The number of anilines is 1. The lowest BCUT2D eigenvalue weighted by Crippen LogP contribution is -2.22. The van der Waals surface area contributed by atoms with Crippen LogP contribution in [-0.4, -0.2) is 14.5 Å². The molecule has 0 atom stereocenters. The second-order valence-corrected chi connectivity index (χ2v) is 3.82. The predicted octanol–water partition coefficient (Wildman–Crippen LogP) is 0.626. The number of rotatable bonds is 3. The first-order valence-electron chi connectivity index (χ1n) is 4.82. The summed E-state index contributed by atoms with van der Waals surface area (Å²) in [5.41, 5.74) is 2.93. The van der Waals surface area contributed by atoms with Crippen LogP contribution >= 0.6 is 11.6 Å². The van der Waals surface area contributed by atoms with Gasteiger partial charge in [-0.3, -0.25) is 4.57 Å². The van der Waals surface area contributed by atoms with Gasteiger partial charge in [0.05, 0.1) is 17.8 Å². The van der Waals surface area contributed by atoms with Crippen molar-refractivity contribution in [2.45, 2.75) is 6.54 Å². The van der Waals surface area contributed by atoms with E-state index in [0.717, 1.165) is 5.56 Å². The molecule has 0 saturated carbocycles. The fraction of sp³-hybridized carbons (Fsp3) is 0.100. The van der Waals surface area contributed by atoms with Crippen LogP contribution in [0.1, 0.15) is 5.56 Å². The Labute approximate surface area is 102 Å². The summed E-state index contributed by atoms with van der Waals surface area (Å²) < 4.78 is 1.41. The molecule has 0 aliphatic rings. The minimum absolute atomic E-state index is 0.351. The number of nitrogens with two attached hydrogens (primary N) is 1. The fourth-order valence-electron chi connectivity index (χ4n) is 1.34. The molecule has 0 bridgehead atoms. The number of nitrogens with zero attached hydrogens (tertiary/aromatic N) is 3. The van der Waals surface area contributed by atoms with Gasteiger partial charge in [-0.2, -0.15) is 0 Å². The predicted molar refractivity (Wildman–Crippen MR) is 64.7 cm³/mol. The number of hydrazine groups is 1. The highest BCUT2D eigenvalue weighted by molar-refractivity contribution is 6.30.